The number of benzene rings is 3. The second-order valence-electron chi connectivity index (χ2n) is 9.51. The summed E-state index contributed by atoms with van der Waals surface area (Å²) in [5.41, 5.74) is 6.86. The van der Waals surface area contributed by atoms with Gasteiger partial charge in [-0.25, -0.2) is 14.6 Å². The summed E-state index contributed by atoms with van der Waals surface area (Å²) in [4.78, 5) is 36.0. The van der Waals surface area contributed by atoms with E-state index in [1.54, 1.807) is 0 Å². The highest BCUT2D eigenvalue weighted by atomic mass is 16.5. The van der Waals surface area contributed by atoms with Gasteiger partial charge in [-0.15, -0.1) is 4.74 Å². The quantitative estimate of drug-likeness (QED) is 0.232. The van der Waals surface area contributed by atoms with Crippen molar-refractivity contribution in [2.24, 2.45) is 0 Å². The molecule has 0 radical (unpaired) electrons. The maximum atomic E-state index is 11.6. The number of nitrogens with one attached hydrogen (secondary N) is 2. The first-order chi connectivity index (χ1) is 19.2. The van der Waals surface area contributed by atoms with Gasteiger partial charge in [-0.1, -0.05) is 30.3 Å². The summed E-state index contributed by atoms with van der Waals surface area (Å²) < 4.78 is 17.7. The van der Waals surface area contributed by atoms with Crippen LogP contribution in [-0.4, -0.2) is 40.5 Å². The van der Waals surface area contributed by atoms with Crippen LogP contribution in [0, 0.1) is 20.8 Å². The fourth-order valence-electron chi connectivity index (χ4n) is 4.52. The zero-order chi connectivity index (χ0) is 28.6. The van der Waals surface area contributed by atoms with E-state index in [1.807, 2.05) is 48.5 Å². The number of H-pyrrole nitrogens is 1. The number of aliphatic hydroxyl groups excluding tert-OH is 1. The lowest BCUT2D eigenvalue weighted by atomic mass is 9.90. The van der Waals surface area contributed by atoms with Crippen molar-refractivity contribution in [1.29, 1.82) is 0 Å². The summed E-state index contributed by atoms with van der Waals surface area (Å²) in [6.45, 7) is 7.13. The number of hydrogen-bond donors (Lipinski definition) is 3. The van der Waals surface area contributed by atoms with E-state index in [4.69, 9.17) is 19.1 Å². The normalized spacial score (nSPS) is 10.9. The Kier molecular flexibility index (Phi) is 9.23. The lowest BCUT2D eigenvalue weighted by Crippen LogP contribution is -2.27. The monoisotopic (exact) mass is 547 g/mol. The van der Waals surface area contributed by atoms with Gasteiger partial charge in [-0.2, -0.15) is 0 Å². The van der Waals surface area contributed by atoms with Crippen LogP contribution in [0.3, 0.4) is 0 Å². The number of hydrogen-bond acceptors (Lipinski definition) is 7. The van der Waals surface area contributed by atoms with Gasteiger partial charge in [0.15, 0.2) is 0 Å². The minimum absolute atomic E-state index is 0.143. The summed E-state index contributed by atoms with van der Waals surface area (Å²) >= 11 is 0. The van der Waals surface area contributed by atoms with Gasteiger partial charge in [0.1, 0.15) is 24.7 Å². The first-order valence-electron chi connectivity index (χ1n) is 13.0. The molecule has 0 unspecified atom stereocenters. The molecule has 0 aliphatic carbocycles. The Morgan fingerprint density at radius 3 is 2.38 bits per heavy atom. The van der Waals surface area contributed by atoms with Crippen molar-refractivity contribution in [3.05, 3.63) is 103 Å². The third kappa shape index (κ3) is 7.09. The number of ether oxygens (including phenoxy) is 2. The number of carbonyl (C=O) groups is 1. The summed E-state index contributed by atoms with van der Waals surface area (Å²) in [6, 6.07) is 17.5. The van der Waals surface area contributed by atoms with E-state index >= 15 is 0 Å². The average Bonchev–Trinajstić information content (AvgIpc) is 3.24. The molecule has 0 spiro atoms. The molecule has 0 aliphatic rings. The Hall–Kier alpha value is -4.57. The predicted octanol–water partition coefficient (Wildman–Crippen LogP) is 3.23. The highest BCUT2D eigenvalue weighted by Gasteiger charge is 2.13. The summed E-state index contributed by atoms with van der Waals surface area (Å²) in [5.74, 6) is 0.283. The largest absolute Gasteiger partial charge is 0.494 e. The van der Waals surface area contributed by atoms with Crippen molar-refractivity contribution in [2.75, 3.05) is 19.8 Å². The number of aliphatic hydroxyl groups is 1. The summed E-state index contributed by atoms with van der Waals surface area (Å²) in [5, 5.41) is 11.4. The van der Waals surface area contributed by atoms with Crippen molar-refractivity contribution in [1.82, 2.24) is 15.0 Å². The van der Waals surface area contributed by atoms with Crippen LogP contribution in [-0.2, 0) is 17.9 Å². The van der Waals surface area contributed by atoms with Gasteiger partial charge in [0.25, 0.3) is 0 Å². The Bertz CT molecular complexity index is 1560. The van der Waals surface area contributed by atoms with Crippen LogP contribution >= 0.6 is 0 Å². The molecule has 0 atom stereocenters. The summed E-state index contributed by atoms with van der Waals surface area (Å²) in [6.07, 6.45) is 0.639. The molecule has 0 saturated heterocycles. The third-order valence-electron chi connectivity index (χ3n) is 6.55. The van der Waals surface area contributed by atoms with Crippen LogP contribution in [0.2, 0.25) is 0 Å². The lowest BCUT2D eigenvalue weighted by molar-refractivity contribution is -0.123. The number of amides is 1. The van der Waals surface area contributed by atoms with Crippen molar-refractivity contribution >= 4 is 5.91 Å². The van der Waals surface area contributed by atoms with Crippen molar-refractivity contribution in [3.8, 4) is 22.6 Å². The molecular weight excluding hydrogens is 514 g/mol. The number of aryl methyl sites for hydroxylation is 2. The van der Waals surface area contributed by atoms with E-state index in [9.17, 15) is 14.4 Å². The topological polar surface area (TPSA) is 136 Å². The molecule has 4 aromatic rings. The standard InChI is InChI=1S/C30H33N3O7/c1-19-14-25(38-13-5-12-31-27(35)17-34)15-20(2)28(19)26-7-4-6-23(21(26)3)18-39-24-10-8-22(9-11-24)16-33-29(36)32-30(37)40-33/h4,6-11,14-15,34H,5,12-13,16-18H2,1-3H3,(H,31,35)(H,32,36,37). The van der Waals surface area contributed by atoms with Gasteiger partial charge in [0, 0.05) is 6.54 Å². The van der Waals surface area contributed by atoms with Crippen LogP contribution in [0.5, 0.6) is 11.5 Å². The molecule has 3 aromatic carbocycles. The smallest absolute Gasteiger partial charge is 0.440 e. The molecule has 10 heteroatoms. The van der Waals surface area contributed by atoms with E-state index in [-0.39, 0.29) is 6.54 Å². The van der Waals surface area contributed by atoms with E-state index < -0.39 is 24.0 Å². The van der Waals surface area contributed by atoms with Gasteiger partial charge in [0.05, 0.1) is 13.2 Å². The fraction of sp³-hybridized carbons (Fsp3) is 0.300. The average molecular weight is 548 g/mol. The molecule has 4 rings (SSSR count). The number of rotatable bonds is 12. The molecule has 0 aliphatic heterocycles. The van der Waals surface area contributed by atoms with Gasteiger partial charge in [0.2, 0.25) is 5.91 Å². The Balaban J connectivity index is 1.40. The first-order valence-corrected chi connectivity index (χ1v) is 13.0. The van der Waals surface area contributed by atoms with Crippen LogP contribution in [0.15, 0.2) is 68.7 Å². The lowest BCUT2D eigenvalue weighted by Gasteiger charge is -2.18. The maximum Gasteiger partial charge on any atom is 0.440 e. The molecule has 10 nitrogen and oxygen atoms in total. The predicted molar refractivity (Wildman–Crippen MR) is 150 cm³/mol. The number of aromatic nitrogens is 2. The molecule has 40 heavy (non-hydrogen) atoms. The highest BCUT2D eigenvalue weighted by Crippen LogP contribution is 2.34. The Labute approximate surface area is 231 Å². The van der Waals surface area contributed by atoms with E-state index in [2.05, 4.69) is 37.1 Å². The van der Waals surface area contributed by atoms with Gasteiger partial charge in [-0.3, -0.25) is 4.79 Å². The molecule has 1 aromatic heterocycles. The SMILES string of the molecule is Cc1cc(OCCCNC(=O)CO)cc(C)c1-c1cccc(COc2ccc(Cn3oc(=O)[nH]c3=O)cc2)c1C. The highest BCUT2D eigenvalue weighted by molar-refractivity contribution is 5.77. The maximum absolute atomic E-state index is 11.6. The second-order valence-corrected chi connectivity index (χ2v) is 9.51. The van der Waals surface area contributed by atoms with Gasteiger partial charge in [-0.05, 0) is 90.4 Å². The van der Waals surface area contributed by atoms with Crippen molar-refractivity contribution in [2.45, 2.75) is 40.3 Å². The number of nitrogens with zero attached hydrogens (tertiary/aromatic N) is 1. The van der Waals surface area contributed by atoms with Gasteiger partial charge < -0.3 is 24.4 Å². The first kappa shape index (κ1) is 28.4. The van der Waals surface area contributed by atoms with Crippen molar-refractivity contribution < 1.29 is 23.9 Å². The molecule has 0 fully saturated rings. The van der Waals surface area contributed by atoms with E-state index in [1.165, 1.54) is 0 Å². The van der Waals surface area contributed by atoms with Crippen LogP contribution in [0.1, 0.15) is 34.2 Å². The third-order valence-corrected chi connectivity index (χ3v) is 6.55. The zero-order valence-electron chi connectivity index (χ0n) is 22.8. The Morgan fingerprint density at radius 2 is 1.73 bits per heavy atom. The van der Waals surface area contributed by atoms with E-state index in [0.717, 1.165) is 49.4 Å². The Morgan fingerprint density at radius 1 is 1.00 bits per heavy atom. The summed E-state index contributed by atoms with van der Waals surface area (Å²) in [7, 11) is 0. The van der Waals surface area contributed by atoms with Crippen LogP contribution in [0.4, 0.5) is 0 Å². The molecule has 210 valence electrons. The minimum atomic E-state index is -0.782. The molecule has 1 heterocycles. The second kappa shape index (κ2) is 13.0. The van der Waals surface area contributed by atoms with Crippen LogP contribution in [0.25, 0.3) is 11.1 Å². The molecule has 1 amide bonds. The molecular formula is C30H33N3O7. The number of aromatic amines is 1. The zero-order valence-corrected chi connectivity index (χ0v) is 22.8. The minimum Gasteiger partial charge on any atom is -0.494 e. The van der Waals surface area contributed by atoms with E-state index in [0.29, 0.717) is 31.9 Å². The van der Waals surface area contributed by atoms with Crippen LogP contribution < -0.4 is 26.2 Å². The number of carbonyl (C=O) groups excluding carboxylic acids is 1. The molecule has 0 saturated carbocycles. The molecule has 0 bridgehead atoms. The van der Waals surface area contributed by atoms with Gasteiger partial charge >= 0.3 is 11.4 Å². The van der Waals surface area contributed by atoms with Crippen molar-refractivity contribution in [3.63, 3.8) is 0 Å². The molecule has 3 N–H and O–H groups in total. The fourth-order valence-corrected chi connectivity index (χ4v) is 4.52.